The molecule has 0 atom stereocenters. The lowest BCUT2D eigenvalue weighted by atomic mass is 10.1. The van der Waals surface area contributed by atoms with Crippen molar-refractivity contribution in [2.75, 3.05) is 4.90 Å². The summed E-state index contributed by atoms with van der Waals surface area (Å²) in [6.07, 6.45) is -3.64. The number of carbonyl (C=O) groups excluding carboxylic acids is 2. The van der Waals surface area contributed by atoms with Crippen LogP contribution in [0.15, 0.2) is 48.7 Å². The van der Waals surface area contributed by atoms with Crippen LogP contribution < -0.4 is 4.90 Å². The van der Waals surface area contributed by atoms with Crippen LogP contribution in [0, 0.1) is 12.7 Å². The van der Waals surface area contributed by atoms with E-state index in [1.54, 1.807) is 13.0 Å². The summed E-state index contributed by atoms with van der Waals surface area (Å²) in [5, 5.41) is 3.93. The van der Waals surface area contributed by atoms with E-state index in [0.717, 1.165) is 18.3 Å². The Hall–Kier alpha value is -3.79. The van der Waals surface area contributed by atoms with Crippen molar-refractivity contribution in [2.45, 2.75) is 13.1 Å². The van der Waals surface area contributed by atoms with Gasteiger partial charge in [0.2, 0.25) is 0 Å². The van der Waals surface area contributed by atoms with E-state index in [1.807, 2.05) is 0 Å². The fourth-order valence-corrected chi connectivity index (χ4v) is 4.08. The van der Waals surface area contributed by atoms with Gasteiger partial charge in [0.05, 0.1) is 38.5 Å². The average Bonchev–Trinajstić information content (AvgIpc) is 3.22. The fraction of sp³-hybridized carbons (Fsp3) is 0.0909. The van der Waals surface area contributed by atoms with Crippen molar-refractivity contribution in [1.29, 1.82) is 0 Å². The van der Waals surface area contributed by atoms with Gasteiger partial charge >= 0.3 is 6.18 Å². The summed E-state index contributed by atoms with van der Waals surface area (Å²) in [6, 6.07) is 8.58. The Kier molecular flexibility index (Phi) is 4.54. The number of rotatable bonds is 2. The number of benzene rings is 2. The predicted molar refractivity (Wildman–Crippen MR) is 111 cm³/mol. The molecule has 0 unspecified atom stereocenters. The van der Waals surface area contributed by atoms with Crippen LogP contribution in [0.25, 0.3) is 16.7 Å². The Bertz CT molecular complexity index is 1500. The van der Waals surface area contributed by atoms with Crippen LogP contribution in [0.4, 0.5) is 23.2 Å². The third-order valence-corrected chi connectivity index (χ3v) is 5.65. The lowest BCUT2D eigenvalue weighted by Gasteiger charge is -2.17. The zero-order valence-corrected chi connectivity index (χ0v) is 17.4. The van der Waals surface area contributed by atoms with Crippen molar-refractivity contribution >= 4 is 40.1 Å². The summed E-state index contributed by atoms with van der Waals surface area (Å²) in [6.45, 7) is 1.56. The molecular formula is C22H11ClF4N4O2. The summed E-state index contributed by atoms with van der Waals surface area (Å²) in [4.78, 5) is 31.1. The second-order valence-corrected chi connectivity index (χ2v) is 7.71. The molecule has 0 radical (unpaired) electrons. The van der Waals surface area contributed by atoms with E-state index < -0.39 is 34.4 Å². The minimum Gasteiger partial charge on any atom is -0.268 e. The zero-order valence-electron chi connectivity index (χ0n) is 16.6. The number of anilines is 1. The topological polar surface area (TPSA) is 68.1 Å². The third kappa shape index (κ3) is 3.09. The van der Waals surface area contributed by atoms with E-state index in [0.29, 0.717) is 16.7 Å². The van der Waals surface area contributed by atoms with Crippen LogP contribution in [0.2, 0.25) is 5.02 Å². The number of halogens is 5. The van der Waals surface area contributed by atoms with Crippen LogP contribution in [0.1, 0.15) is 32.0 Å². The van der Waals surface area contributed by atoms with Crippen LogP contribution in [-0.4, -0.2) is 26.6 Å². The van der Waals surface area contributed by atoms with Gasteiger partial charge in [-0.05, 0) is 37.3 Å². The van der Waals surface area contributed by atoms with Gasteiger partial charge in [-0.15, -0.1) is 0 Å². The molecule has 1 aliphatic heterocycles. The van der Waals surface area contributed by atoms with Gasteiger partial charge in [0.1, 0.15) is 11.5 Å². The second-order valence-electron chi connectivity index (χ2n) is 7.30. The number of hydrogen-bond donors (Lipinski definition) is 0. The molecule has 6 nitrogen and oxygen atoms in total. The molecular weight excluding hydrogens is 464 g/mol. The number of hydrogen-bond acceptors (Lipinski definition) is 4. The highest BCUT2D eigenvalue weighted by Gasteiger charge is 2.41. The van der Waals surface area contributed by atoms with Crippen LogP contribution in [0.5, 0.6) is 0 Å². The molecule has 0 bridgehead atoms. The molecule has 2 aromatic carbocycles. The minimum atomic E-state index is -4.78. The van der Waals surface area contributed by atoms with E-state index in [4.69, 9.17) is 11.6 Å². The van der Waals surface area contributed by atoms with Crippen molar-refractivity contribution in [3.05, 3.63) is 81.9 Å². The number of alkyl halides is 3. The van der Waals surface area contributed by atoms with Crippen molar-refractivity contribution in [3.63, 3.8) is 0 Å². The van der Waals surface area contributed by atoms with E-state index in [-0.39, 0.29) is 33.5 Å². The molecule has 11 heteroatoms. The number of aromatic nitrogens is 3. The van der Waals surface area contributed by atoms with Crippen molar-refractivity contribution < 1.29 is 27.2 Å². The number of pyridine rings is 1. The highest BCUT2D eigenvalue weighted by Crippen LogP contribution is 2.40. The Labute approximate surface area is 188 Å². The van der Waals surface area contributed by atoms with E-state index in [1.165, 1.54) is 22.9 Å². The minimum absolute atomic E-state index is 0.0615. The Balaban J connectivity index is 1.69. The van der Waals surface area contributed by atoms with E-state index in [9.17, 15) is 27.2 Å². The van der Waals surface area contributed by atoms with Gasteiger partial charge in [-0.3, -0.25) is 9.59 Å². The largest absolute Gasteiger partial charge is 0.417 e. The number of aryl methyl sites for hydroxylation is 1. The second kappa shape index (κ2) is 7.11. The van der Waals surface area contributed by atoms with Gasteiger partial charge in [-0.25, -0.2) is 19.0 Å². The number of para-hydroxylation sites is 1. The molecule has 0 saturated heterocycles. The average molecular weight is 475 g/mol. The van der Waals surface area contributed by atoms with Gasteiger partial charge in [0, 0.05) is 6.20 Å². The summed E-state index contributed by atoms with van der Waals surface area (Å²) in [5.41, 5.74) is -1.10. The first-order chi connectivity index (χ1) is 15.6. The maximum absolute atomic E-state index is 14.4. The maximum atomic E-state index is 14.4. The predicted octanol–water partition coefficient (Wildman–Crippen LogP) is 5.34. The van der Waals surface area contributed by atoms with Gasteiger partial charge in [-0.2, -0.15) is 18.3 Å². The van der Waals surface area contributed by atoms with E-state index >= 15 is 0 Å². The molecule has 33 heavy (non-hydrogen) atoms. The van der Waals surface area contributed by atoms with Crippen LogP contribution in [0.3, 0.4) is 0 Å². The van der Waals surface area contributed by atoms with Gasteiger partial charge < -0.3 is 0 Å². The zero-order chi connectivity index (χ0) is 23.7. The molecule has 0 saturated carbocycles. The smallest absolute Gasteiger partial charge is 0.268 e. The first-order valence-electron chi connectivity index (χ1n) is 9.48. The van der Waals surface area contributed by atoms with Gasteiger partial charge in [0.15, 0.2) is 5.65 Å². The molecule has 4 aromatic rings. The normalized spacial score (nSPS) is 13.8. The Morgan fingerprint density at radius 1 is 1.03 bits per heavy atom. The van der Waals surface area contributed by atoms with Crippen molar-refractivity contribution in [3.8, 4) is 5.69 Å². The lowest BCUT2D eigenvalue weighted by Crippen LogP contribution is -2.29. The first kappa shape index (κ1) is 21.1. The SMILES string of the molecule is Cc1nn(-c2ccccc2F)c2ncc3c(c12)C(=O)N(c1ccc(Cl)c(C(F)(F)F)c1)C3=O. The molecule has 2 aromatic heterocycles. The molecule has 0 aliphatic carbocycles. The molecule has 1 aliphatic rings. The summed E-state index contributed by atoms with van der Waals surface area (Å²) in [5.74, 6) is -2.25. The molecule has 2 amide bonds. The molecule has 0 fully saturated rings. The number of amides is 2. The summed E-state index contributed by atoms with van der Waals surface area (Å²) in [7, 11) is 0. The fourth-order valence-electron chi connectivity index (χ4n) is 3.86. The first-order valence-corrected chi connectivity index (χ1v) is 9.86. The Morgan fingerprint density at radius 3 is 2.45 bits per heavy atom. The number of nitrogens with zero attached hydrogens (tertiary/aromatic N) is 4. The Morgan fingerprint density at radius 2 is 1.76 bits per heavy atom. The molecule has 5 rings (SSSR count). The number of imide groups is 1. The number of fused-ring (bicyclic) bond motifs is 3. The quantitative estimate of drug-likeness (QED) is 0.290. The highest BCUT2D eigenvalue weighted by atomic mass is 35.5. The van der Waals surface area contributed by atoms with Crippen LogP contribution in [-0.2, 0) is 6.18 Å². The van der Waals surface area contributed by atoms with Crippen molar-refractivity contribution in [1.82, 2.24) is 14.8 Å². The summed E-state index contributed by atoms with van der Waals surface area (Å²) >= 11 is 5.66. The molecule has 166 valence electrons. The van der Waals surface area contributed by atoms with Gasteiger partial charge in [-0.1, -0.05) is 23.7 Å². The maximum Gasteiger partial charge on any atom is 0.417 e. The molecule has 0 N–H and O–H groups in total. The number of carbonyl (C=O) groups is 2. The third-order valence-electron chi connectivity index (χ3n) is 5.32. The molecule has 0 spiro atoms. The lowest BCUT2D eigenvalue weighted by molar-refractivity contribution is -0.137. The molecule has 3 heterocycles. The van der Waals surface area contributed by atoms with Gasteiger partial charge in [0.25, 0.3) is 11.8 Å². The van der Waals surface area contributed by atoms with Crippen molar-refractivity contribution in [2.24, 2.45) is 0 Å². The standard InChI is InChI=1S/C22H11ClF4N4O2/c1-10-17-18-12(9-28-19(17)31(29-10)16-5-3-2-4-15(16)24)20(32)30(21(18)33)11-6-7-14(23)13(8-11)22(25,26)27/h2-9H,1H3. The summed E-state index contributed by atoms with van der Waals surface area (Å²) < 4.78 is 55.5. The monoisotopic (exact) mass is 474 g/mol. The highest BCUT2D eigenvalue weighted by molar-refractivity contribution is 6.37. The van der Waals surface area contributed by atoms with Crippen LogP contribution >= 0.6 is 11.6 Å². The van der Waals surface area contributed by atoms with E-state index in [2.05, 4.69) is 10.1 Å².